The van der Waals surface area contributed by atoms with Crippen LogP contribution in [0.15, 0.2) is 98.1 Å². The second kappa shape index (κ2) is 8.68. The number of aryl methyl sites for hydroxylation is 1. The highest BCUT2D eigenvalue weighted by atomic mass is 15.0. The molecule has 0 aliphatic heterocycles. The Morgan fingerprint density at radius 2 is 1.15 bits per heavy atom. The average molecular weight is 440 g/mol. The smallest absolute Gasteiger partial charge is 0.0541 e. The maximum Gasteiger partial charge on any atom is 0.0541 e. The van der Waals surface area contributed by atoms with Crippen LogP contribution < -0.4 is 0 Å². The molecule has 1 heteroatoms. The molecule has 34 heavy (non-hydrogen) atoms. The lowest BCUT2D eigenvalue weighted by atomic mass is 9.91. The maximum atomic E-state index is 4.14. The second-order valence-corrected chi connectivity index (χ2v) is 8.38. The molecule has 0 saturated carbocycles. The van der Waals surface area contributed by atoms with Gasteiger partial charge in [-0.15, -0.1) is 0 Å². The first-order valence-corrected chi connectivity index (χ1v) is 11.9. The standard InChI is InChI=1S/C31H23N.C2H6/c1-4-22-23(5-2)28-19-21(15-16-26(28)25-11-7-6-10-24(22)25)32-30-13-9-8-12-27(30)29-18-20(3)14-17-31(29)32;1-2/h4-19H,1-2H2,3H3;1-2H3. The van der Waals surface area contributed by atoms with E-state index in [1.54, 1.807) is 0 Å². The molecule has 166 valence electrons. The molecule has 0 amide bonds. The van der Waals surface area contributed by atoms with Crippen molar-refractivity contribution in [3.8, 4) is 5.69 Å². The zero-order chi connectivity index (χ0) is 23.8. The number of rotatable bonds is 3. The van der Waals surface area contributed by atoms with E-state index < -0.39 is 0 Å². The number of hydrogen-bond donors (Lipinski definition) is 0. The highest BCUT2D eigenvalue weighted by Crippen LogP contribution is 2.38. The monoisotopic (exact) mass is 439 g/mol. The van der Waals surface area contributed by atoms with Crippen LogP contribution in [0.2, 0.25) is 0 Å². The van der Waals surface area contributed by atoms with Gasteiger partial charge in [0.2, 0.25) is 0 Å². The third-order valence-corrected chi connectivity index (χ3v) is 6.59. The highest BCUT2D eigenvalue weighted by molar-refractivity contribution is 6.15. The third-order valence-electron chi connectivity index (χ3n) is 6.59. The topological polar surface area (TPSA) is 4.93 Å². The minimum absolute atomic E-state index is 1.13. The fourth-order valence-electron chi connectivity index (χ4n) is 5.18. The van der Waals surface area contributed by atoms with E-state index >= 15 is 0 Å². The van der Waals surface area contributed by atoms with Crippen molar-refractivity contribution in [3.63, 3.8) is 0 Å². The maximum absolute atomic E-state index is 4.14. The van der Waals surface area contributed by atoms with E-state index in [4.69, 9.17) is 0 Å². The first kappa shape index (κ1) is 21.7. The van der Waals surface area contributed by atoms with E-state index in [1.807, 2.05) is 26.0 Å². The Morgan fingerprint density at radius 1 is 0.559 bits per heavy atom. The van der Waals surface area contributed by atoms with Gasteiger partial charge in [0, 0.05) is 16.5 Å². The van der Waals surface area contributed by atoms with Crippen molar-refractivity contribution in [2.45, 2.75) is 20.8 Å². The molecule has 0 aliphatic rings. The molecule has 0 atom stereocenters. The van der Waals surface area contributed by atoms with E-state index in [0.717, 1.165) is 16.8 Å². The molecule has 0 bridgehead atoms. The molecule has 1 heterocycles. The summed E-state index contributed by atoms with van der Waals surface area (Å²) < 4.78 is 2.37. The van der Waals surface area contributed by atoms with Crippen LogP contribution in [0.1, 0.15) is 30.5 Å². The van der Waals surface area contributed by atoms with Crippen LogP contribution in [0, 0.1) is 6.92 Å². The molecule has 5 aromatic carbocycles. The summed E-state index contributed by atoms with van der Waals surface area (Å²) in [6.07, 6.45) is 3.92. The van der Waals surface area contributed by atoms with Gasteiger partial charge in [0.05, 0.1) is 11.0 Å². The van der Waals surface area contributed by atoms with Gasteiger partial charge in [0.15, 0.2) is 0 Å². The van der Waals surface area contributed by atoms with Gasteiger partial charge in [-0.05, 0) is 69.9 Å². The summed E-state index contributed by atoms with van der Waals surface area (Å²) in [5.41, 5.74) is 7.14. The van der Waals surface area contributed by atoms with E-state index in [-0.39, 0.29) is 0 Å². The van der Waals surface area contributed by atoms with Crippen LogP contribution in [0.5, 0.6) is 0 Å². The fourth-order valence-corrected chi connectivity index (χ4v) is 5.18. The van der Waals surface area contributed by atoms with Gasteiger partial charge in [0.1, 0.15) is 0 Å². The number of para-hydroxylation sites is 1. The van der Waals surface area contributed by atoms with Gasteiger partial charge in [-0.1, -0.05) is 99.3 Å². The van der Waals surface area contributed by atoms with Gasteiger partial charge in [-0.3, -0.25) is 0 Å². The Hall–Kier alpha value is -4.10. The van der Waals surface area contributed by atoms with Crippen molar-refractivity contribution in [3.05, 3.63) is 115 Å². The highest BCUT2D eigenvalue weighted by Gasteiger charge is 2.15. The quantitative estimate of drug-likeness (QED) is 0.242. The minimum atomic E-state index is 1.13. The van der Waals surface area contributed by atoms with Gasteiger partial charge in [-0.2, -0.15) is 0 Å². The zero-order valence-corrected chi connectivity index (χ0v) is 20.1. The van der Waals surface area contributed by atoms with Crippen molar-refractivity contribution in [1.29, 1.82) is 0 Å². The number of fused-ring (bicyclic) bond motifs is 6. The Balaban J connectivity index is 0.00000117. The molecule has 0 saturated heterocycles. The van der Waals surface area contributed by atoms with Crippen molar-refractivity contribution in [2.24, 2.45) is 0 Å². The first-order chi connectivity index (χ1) is 16.7. The zero-order valence-electron chi connectivity index (χ0n) is 20.1. The molecule has 0 radical (unpaired) electrons. The second-order valence-electron chi connectivity index (χ2n) is 8.38. The van der Waals surface area contributed by atoms with E-state index in [1.165, 1.54) is 48.9 Å². The molecular formula is C33H29N. The average Bonchev–Trinajstić information content (AvgIpc) is 3.22. The summed E-state index contributed by atoms with van der Waals surface area (Å²) in [6, 6.07) is 30.7. The van der Waals surface area contributed by atoms with Crippen molar-refractivity contribution >= 4 is 55.5 Å². The van der Waals surface area contributed by atoms with Gasteiger partial charge in [0.25, 0.3) is 0 Å². The van der Waals surface area contributed by atoms with Crippen LogP contribution in [-0.2, 0) is 0 Å². The third kappa shape index (κ3) is 3.16. The number of nitrogens with zero attached hydrogens (tertiary/aromatic N) is 1. The Kier molecular flexibility index (Phi) is 5.55. The van der Waals surface area contributed by atoms with Gasteiger partial charge < -0.3 is 4.57 Å². The van der Waals surface area contributed by atoms with Crippen molar-refractivity contribution < 1.29 is 0 Å². The molecule has 1 nitrogen and oxygen atoms in total. The Labute approximate surface area is 201 Å². The summed E-state index contributed by atoms with van der Waals surface area (Å²) >= 11 is 0. The largest absolute Gasteiger partial charge is 0.309 e. The predicted octanol–water partition coefficient (Wildman–Crippen LogP) is 9.71. The summed E-state index contributed by atoms with van der Waals surface area (Å²) in [5, 5.41) is 7.46. The molecule has 0 aliphatic carbocycles. The molecule has 0 fully saturated rings. The first-order valence-electron chi connectivity index (χ1n) is 11.9. The van der Waals surface area contributed by atoms with E-state index in [2.05, 4.69) is 110 Å². The van der Waals surface area contributed by atoms with Gasteiger partial charge >= 0.3 is 0 Å². The SMILES string of the molecule is C=Cc1c(C=C)c2cc(-n3c4ccccc4c4cc(C)ccc43)ccc2c2ccccc12.CC. The summed E-state index contributed by atoms with van der Waals surface area (Å²) in [6.45, 7) is 14.4. The number of benzene rings is 5. The summed E-state index contributed by atoms with van der Waals surface area (Å²) in [4.78, 5) is 0. The normalized spacial score (nSPS) is 11.0. The summed E-state index contributed by atoms with van der Waals surface area (Å²) in [5.74, 6) is 0. The molecule has 6 aromatic rings. The number of hydrogen-bond acceptors (Lipinski definition) is 0. The van der Waals surface area contributed by atoms with Crippen LogP contribution >= 0.6 is 0 Å². The lowest BCUT2D eigenvalue weighted by Gasteiger charge is -2.15. The molecule has 0 unspecified atom stereocenters. The van der Waals surface area contributed by atoms with E-state index in [0.29, 0.717) is 0 Å². The van der Waals surface area contributed by atoms with Crippen LogP contribution in [0.25, 0.3) is 61.2 Å². The molecule has 1 aromatic heterocycles. The Morgan fingerprint density at radius 3 is 1.88 bits per heavy atom. The van der Waals surface area contributed by atoms with Crippen molar-refractivity contribution in [1.82, 2.24) is 4.57 Å². The molecular weight excluding hydrogens is 410 g/mol. The lowest BCUT2D eigenvalue weighted by Crippen LogP contribution is -1.96. The van der Waals surface area contributed by atoms with Crippen LogP contribution in [0.3, 0.4) is 0 Å². The molecule has 0 N–H and O–H groups in total. The predicted molar refractivity (Wildman–Crippen MR) is 152 cm³/mol. The van der Waals surface area contributed by atoms with Crippen molar-refractivity contribution in [2.75, 3.05) is 0 Å². The van der Waals surface area contributed by atoms with E-state index in [9.17, 15) is 0 Å². The molecule has 0 spiro atoms. The van der Waals surface area contributed by atoms with Crippen LogP contribution in [-0.4, -0.2) is 4.57 Å². The fraction of sp³-hybridized carbons (Fsp3) is 0.0909. The lowest BCUT2D eigenvalue weighted by molar-refractivity contribution is 1.18. The Bertz CT molecular complexity index is 1710. The number of aromatic nitrogens is 1. The minimum Gasteiger partial charge on any atom is -0.309 e. The summed E-state index contributed by atoms with van der Waals surface area (Å²) in [7, 11) is 0. The van der Waals surface area contributed by atoms with Crippen LogP contribution in [0.4, 0.5) is 0 Å². The molecule has 6 rings (SSSR count). The van der Waals surface area contributed by atoms with Gasteiger partial charge in [-0.25, -0.2) is 0 Å².